The molecule has 3 heteroatoms. The first-order valence-corrected chi connectivity index (χ1v) is 5.38. The third-order valence-electron chi connectivity index (χ3n) is 3.29. The maximum Gasteiger partial charge on any atom is 0.0693 e. The van der Waals surface area contributed by atoms with Gasteiger partial charge in [-0.2, -0.15) is 0 Å². The van der Waals surface area contributed by atoms with Gasteiger partial charge < -0.3 is 15.5 Å². The second-order valence-corrected chi connectivity index (χ2v) is 4.45. The minimum Gasteiger partial charge on any atom is -0.393 e. The summed E-state index contributed by atoms with van der Waals surface area (Å²) in [6.07, 6.45) is 5.88. The molecule has 3 N–H and O–H groups in total. The van der Waals surface area contributed by atoms with E-state index in [1.807, 2.05) is 0 Å². The normalized spacial score (nSPS) is 45.7. The van der Waals surface area contributed by atoms with E-state index in [1.165, 1.54) is 6.42 Å². The molecule has 0 aliphatic heterocycles. The SMILES string of the molecule is OC1CC(N[C@H]2CCCC[C@@H]2O)C1. The highest BCUT2D eigenvalue weighted by Crippen LogP contribution is 2.24. The largest absolute Gasteiger partial charge is 0.393 e. The highest BCUT2D eigenvalue weighted by Gasteiger charge is 2.31. The minimum atomic E-state index is -0.161. The summed E-state index contributed by atoms with van der Waals surface area (Å²) in [6.45, 7) is 0. The summed E-state index contributed by atoms with van der Waals surface area (Å²) in [5, 5.41) is 22.2. The third kappa shape index (κ3) is 2.22. The zero-order valence-electron chi connectivity index (χ0n) is 7.95. The average molecular weight is 185 g/mol. The molecule has 2 aliphatic rings. The van der Waals surface area contributed by atoms with Gasteiger partial charge in [-0.15, -0.1) is 0 Å². The molecule has 0 unspecified atom stereocenters. The first-order valence-electron chi connectivity index (χ1n) is 5.38. The second-order valence-electron chi connectivity index (χ2n) is 4.45. The predicted octanol–water partition coefficient (Wildman–Crippen LogP) is 0.403. The van der Waals surface area contributed by atoms with Crippen molar-refractivity contribution in [2.24, 2.45) is 0 Å². The summed E-state index contributed by atoms with van der Waals surface area (Å²) in [7, 11) is 0. The van der Waals surface area contributed by atoms with Crippen LogP contribution in [-0.2, 0) is 0 Å². The predicted molar refractivity (Wildman–Crippen MR) is 50.4 cm³/mol. The number of rotatable bonds is 2. The van der Waals surface area contributed by atoms with Crippen LogP contribution in [0.2, 0.25) is 0 Å². The zero-order chi connectivity index (χ0) is 9.26. The van der Waals surface area contributed by atoms with Gasteiger partial charge in [-0.25, -0.2) is 0 Å². The van der Waals surface area contributed by atoms with Crippen LogP contribution in [0.25, 0.3) is 0 Å². The van der Waals surface area contributed by atoms with E-state index < -0.39 is 0 Å². The molecule has 2 aliphatic carbocycles. The topological polar surface area (TPSA) is 52.5 Å². The number of aliphatic hydroxyl groups excluding tert-OH is 2. The Kier molecular flexibility index (Phi) is 2.86. The lowest BCUT2D eigenvalue weighted by atomic mass is 9.86. The first kappa shape index (κ1) is 9.44. The van der Waals surface area contributed by atoms with Crippen molar-refractivity contribution in [1.29, 1.82) is 0 Å². The molecule has 0 aromatic heterocycles. The van der Waals surface area contributed by atoms with Gasteiger partial charge in [-0.3, -0.25) is 0 Å². The van der Waals surface area contributed by atoms with Gasteiger partial charge in [0, 0.05) is 12.1 Å². The molecule has 13 heavy (non-hydrogen) atoms. The maximum atomic E-state index is 9.68. The standard InChI is InChI=1S/C10H19NO2/c12-8-5-7(6-8)11-9-3-1-2-4-10(9)13/h7-13H,1-6H2/t7?,8?,9-,10-/m0/s1. The smallest absolute Gasteiger partial charge is 0.0693 e. The first-order chi connectivity index (χ1) is 6.25. The van der Waals surface area contributed by atoms with Crippen LogP contribution in [0.5, 0.6) is 0 Å². The van der Waals surface area contributed by atoms with Crippen molar-refractivity contribution < 1.29 is 10.2 Å². The molecule has 0 aromatic rings. The van der Waals surface area contributed by atoms with Crippen molar-refractivity contribution in [3.05, 3.63) is 0 Å². The number of hydrogen-bond donors (Lipinski definition) is 3. The summed E-state index contributed by atoms with van der Waals surface area (Å²) in [6, 6.07) is 0.735. The summed E-state index contributed by atoms with van der Waals surface area (Å²) in [5.41, 5.74) is 0. The molecule has 0 spiro atoms. The van der Waals surface area contributed by atoms with Crippen molar-refractivity contribution in [2.45, 2.75) is 62.8 Å². The van der Waals surface area contributed by atoms with Gasteiger partial charge in [0.2, 0.25) is 0 Å². The Balaban J connectivity index is 1.73. The maximum absolute atomic E-state index is 9.68. The van der Waals surface area contributed by atoms with Crippen LogP contribution in [0.1, 0.15) is 38.5 Å². The van der Waals surface area contributed by atoms with Crippen LogP contribution in [0.3, 0.4) is 0 Å². The average Bonchev–Trinajstić information content (AvgIpc) is 2.06. The lowest BCUT2D eigenvalue weighted by molar-refractivity contribution is 0.0304. The van der Waals surface area contributed by atoms with Crippen LogP contribution in [0, 0.1) is 0 Å². The van der Waals surface area contributed by atoms with E-state index >= 15 is 0 Å². The monoisotopic (exact) mass is 185 g/mol. The second kappa shape index (κ2) is 3.95. The van der Waals surface area contributed by atoms with Crippen molar-refractivity contribution in [3.63, 3.8) is 0 Å². The lowest BCUT2D eigenvalue weighted by Gasteiger charge is -2.38. The van der Waals surface area contributed by atoms with Crippen LogP contribution in [-0.4, -0.2) is 34.5 Å². The molecule has 2 saturated carbocycles. The zero-order valence-corrected chi connectivity index (χ0v) is 7.95. The Morgan fingerprint density at radius 3 is 2.31 bits per heavy atom. The van der Waals surface area contributed by atoms with Crippen molar-refractivity contribution in [3.8, 4) is 0 Å². The third-order valence-corrected chi connectivity index (χ3v) is 3.29. The minimum absolute atomic E-state index is 0.0989. The Morgan fingerprint density at radius 2 is 1.69 bits per heavy atom. The molecule has 0 aromatic carbocycles. The van der Waals surface area contributed by atoms with Crippen LogP contribution >= 0.6 is 0 Å². The number of nitrogens with one attached hydrogen (secondary N) is 1. The Labute approximate surface area is 79.2 Å². The number of aliphatic hydroxyl groups is 2. The molecular formula is C10H19NO2. The molecule has 0 saturated heterocycles. The van der Waals surface area contributed by atoms with Crippen LogP contribution in [0.4, 0.5) is 0 Å². The summed E-state index contributed by atoms with van der Waals surface area (Å²) >= 11 is 0. The lowest BCUT2D eigenvalue weighted by Crippen LogP contribution is -2.53. The molecule has 0 bridgehead atoms. The molecule has 3 nitrogen and oxygen atoms in total. The van der Waals surface area contributed by atoms with E-state index in [-0.39, 0.29) is 18.2 Å². The molecular weight excluding hydrogens is 166 g/mol. The van der Waals surface area contributed by atoms with E-state index in [4.69, 9.17) is 5.11 Å². The fraction of sp³-hybridized carbons (Fsp3) is 1.00. The quantitative estimate of drug-likeness (QED) is 0.584. The molecule has 0 amide bonds. The molecule has 76 valence electrons. The van der Waals surface area contributed by atoms with E-state index in [9.17, 15) is 5.11 Å². The van der Waals surface area contributed by atoms with Crippen LogP contribution in [0.15, 0.2) is 0 Å². The van der Waals surface area contributed by atoms with Crippen molar-refractivity contribution in [2.75, 3.05) is 0 Å². The van der Waals surface area contributed by atoms with Crippen LogP contribution < -0.4 is 5.32 Å². The molecule has 0 radical (unpaired) electrons. The Bertz CT molecular complexity index is 168. The van der Waals surface area contributed by atoms with E-state index in [2.05, 4.69) is 5.32 Å². The molecule has 2 atom stereocenters. The summed E-state index contributed by atoms with van der Waals surface area (Å²) < 4.78 is 0. The van der Waals surface area contributed by atoms with E-state index in [1.54, 1.807) is 0 Å². The van der Waals surface area contributed by atoms with Crippen molar-refractivity contribution in [1.82, 2.24) is 5.32 Å². The molecule has 2 fully saturated rings. The Morgan fingerprint density at radius 1 is 1.00 bits per heavy atom. The highest BCUT2D eigenvalue weighted by atomic mass is 16.3. The van der Waals surface area contributed by atoms with Gasteiger partial charge in [-0.05, 0) is 25.7 Å². The fourth-order valence-corrected chi connectivity index (χ4v) is 2.33. The van der Waals surface area contributed by atoms with Gasteiger partial charge in [-0.1, -0.05) is 12.8 Å². The van der Waals surface area contributed by atoms with Gasteiger partial charge in [0.25, 0.3) is 0 Å². The summed E-state index contributed by atoms with van der Waals surface area (Å²) in [4.78, 5) is 0. The van der Waals surface area contributed by atoms with E-state index in [0.29, 0.717) is 6.04 Å². The fourth-order valence-electron chi connectivity index (χ4n) is 2.33. The summed E-state index contributed by atoms with van der Waals surface area (Å²) in [5.74, 6) is 0. The highest BCUT2D eigenvalue weighted by molar-refractivity contribution is 4.90. The number of hydrogen-bond acceptors (Lipinski definition) is 3. The van der Waals surface area contributed by atoms with Gasteiger partial charge in [0.1, 0.15) is 0 Å². The van der Waals surface area contributed by atoms with E-state index in [0.717, 1.165) is 32.1 Å². The van der Waals surface area contributed by atoms with Gasteiger partial charge >= 0.3 is 0 Å². The van der Waals surface area contributed by atoms with Gasteiger partial charge in [0.15, 0.2) is 0 Å². The molecule has 2 rings (SSSR count). The van der Waals surface area contributed by atoms with Gasteiger partial charge in [0.05, 0.1) is 12.2 Å². The van der Waals surface area contributed by atoms with Crippen molar-refractivity contribution >= 4 is 0 Å². The Hall–Kier alpha value is -0.120. The molecule has 0 heterocycles.